The molecule has 2 amide bonds. The van der Waals surface area contributed by atoms with Gasteiger partial charge in [-0.3, -0.25) is 9.59 Å². The Morgan fingerprint density at radius 2 is 1.62 bits per heavy atom. The minimum absolute atomic E-state index is 0.00900. The van der Waals surface area contributed by atoms with Gasteiger partial charge < -0.3 is 29.9 Å². The molecule has 1 aliphatic rings. The summed E-state index contributed by atoms with van der Waals surface area (Å²) in [4.78, 5) is 28.8. The molecule has 0 unspecified atom stereocenters. The molecule has 0 aromatic heterocycles. The van der Waals surface area contributed by atoms with Crippen molar-refractivity contribution >= 4 is 17.9 Å². The van der Waals surface area contributed by atoms with Gasteiger partial charge in [0.2, 0.25) is 5.91 Å². The molecule has 1 aliphatic heterocycles. The fourth-order valence-corrected chi connectivity index (χ4v) is 4.12. The van der Waals surface area contributed by atoms with Gasteiger partial charge in [-0.05, 0) is 60.9 Å². The molecule has 3 N–H and O–H groups in total. The summed E-state index contributed by atoms with van der Waals surface area (Å²) in [6, 6.07) is 9.24. The highest BCUT2D eigenvalue weighted by Gasteiger charge is 2.31. The van der Waals surface area contributed by atoms with Crippen molar-refractivity contribution in [1.82, 2.24) is 9.80 Å². The summed E-state index contributed by atoms with van der Waals surface area (Å²) in [5, 5.41) is 31.0. The first-order valence-corrected chi connectivity index (χ1v) is 12.8. The first kappa shape index (κ1) is 31.2. The molecular formula is C28H32F4N2O6. The number of carbonyl (C=O) groups excluding carboxylic acids is 2. The lowest BCUT2D eigenvalue weighted by molar-refractivity contribution is -0.137. The van der Waals surface area contributed by atoms with Crippen molar-refractivity contribution in [3.8, 4) is 0 Å². The molecule has 218 valence electrons. The van der Waals surface area contributed by atoms with E-state index >= 15 is 0 Å². The minimum Gasteiger partial charge on any atom is -0.388 e. The van der Waals surface area contributed by atoms with Crippen LogP contribution < -0.4 is 0 Å². The zero-order valence-electron chi connectivity index (χ0n) is 21.6. The molecule has 1 heterocycles. The number of aliphatic hydroxyl groups excluding tert-OH is 3. The Kier molecular flexibility index (Phi) is 11.2. The van der Waals surface area contributed by atoms with Crippen molar-refractivity contribution in [3.63, 3.8) is 0 Å². The molecule has 12 heteroatoms. The molecule has 1 saturated heterocycles. The molecule has 0 saturated carbocycles. The lowest BCUT2D eigenvalue weighted by Crippen LogP contribution is -2.49. The van der Waals surface area contributed by atoms with Crippen LogP contribution in [0.15, 0.2) is 54.6 Å². The van der Waals surface area contributed by atoms with Gasteiger partial charge in [0.15, 0.2) is 0 Å². The van der Waals surface area contributed by atoms with E-state index in [1.807, 2.05) is 0 Å². The number of ether oxygens (including phenoxy) is 1. The third kappa shape index (κ3) is 9.12. The molecule has 0 spiro atoms. The van der Waals surface area contributed by atoms with Gasteiger partial charge in [0.1, 0.15) is 24.1 Å². The molecule has 8 nitrogen and oxygen atoms in total. The second kappa shape index (κ2) is 14.4. The lowest BCUT2D eigenvalue weighted by Gasteiger charge is -2.32. The van der Waals surface area contributed by atoms with Crippen molar-refractivity contribution in [3.05, 3.63) is 77.1 Å². The van der Waals surface area contributed by atoms with E-state index < -0.39 is 54.2 Å². The molecular weight excluding hydrogens is 536 g/mol. The zero-order valence-corrected chi connectivity index (χ0v) is 21.6. The van der Waals surface area contributed by atoms with Gasteiger partial charge in [-0.2, -0.15) is 13.2 Å². The van der Waals surface area contributed by atoms with E-state index in [4.69, 9.17) is 4.74 Å². The topological polar surface area (TPSA) is 111 Å². The van der Waals surface area contributed by atoms with E-state index in [1.54, 1.807) is 0 Å². The summed E-state index contributed by atoms with van der Waals surface area (Å²) in [6.07, 6.45) is -5.72. The third-order valence-electron chi connectivity index (χ3n) is 6.41. The average molecular weight is 569 g/mol. The molecule has 0 radical (unpaired) electrons. The van der Waals surface area contributed by atoms with Gasteiger partial charge in [-0.15, -0.1) is 0 Å². The van der Waals surface area contributed by atoms with Gasteiger partial charge >= 0.3 is 6.18 Å². The number of rotatable bonds is 3. The summed E-state index contributed by atoms with van der Waals surface area (Å²) >= 11 is 0. The van der Waals surface area contributed by atoms with Gasteiger partial charge in [0.25, 0.3) is 5.91 Å². The summed E-state index contributed by atoms with van der Waals surface area (Å²) < 4.78 is 57.9. The zero-order chi connectivity index (χ0) is 29.3. The average Bonchev–Trinajstić information content (AvgIpc) is 2.93. The van der Waals surface area contributed by atoms with Crippen LogP contribution in [0.5, 0.6) is 0 Å². The van der Waals surface area contributed by atoms with Crippen LogP contribution in [-0.4, -0.2) is 94.6 Å². The number of aliphatic hydroxyl groups is 3. The van der Waals surface area contributed by atoms with E-state index in [-0.39, 0.29) is 44.0 Å². The second-order valence-electron chi connectivity index (χ2n) is 9.45. The number of carbonyl (C=O) groups is 2. The maximum absolute atomic E-state index is 13.4. The number of halogens is 4. The van der Waals surface area contributed by atoms with Crippen molar-refractivity contribution in [2.45, 2.75) is 37.3 Å². The van der Waals surface area contributed by atoms with Gasteiger partial charge in [-0.25, -0.2) is 4.39 Å². The number of hydrogen-bond acceptors (Lipinski definition) is 6. The highest BCUT2D eigenvalue weighted by Crippen LogP contribution is 2.29. The standard InChI is InChI=1S/C28H32F4N2O6/c29-22-9-7-20(8-10-22)27(39)34-14-13-33(12-1-2-15-40-18-24(36)26(38)23(35)17-34)25(37)11-6-19-4-3-5-21(16-19)28(30,31)32/h3-11,16,23-24,26,35-36,38H,1-2,12-15,17-18H2/b11-6+/t23-,24+,26+/m0/s1. The number of hydrogen-bond donors (Lipinski definition) is 3. The van der Waals surface area contributed by atoms with Crippen molar-refractivity contribution < 1.29 is 47.2 Å². The number of benzene rings is 2. The Balaban J connectivity index is 1.81. The number of nitrogens with zero attached hydrogens (tertiary/aromatic N) is 2. The van der Waals surface area contributed by atoms with Crippen molar-refractivity contribution in [2.75, 3.05) is 39.4 Å². The Bertz CT molecular complexity index is 1160. The highest BCUT2D eigenvalue weighted by atomic mass is 19.4. The van der Waals surface area contributed by atoms with Crippen LogP contribution in [0.1, 0.15) is 34.3 Å². The molecule has 1 fully saturated rings. The van der Waals surface area contributed by atoms with Crippen LogP contribution in [0.2, 0.25) is 0 Å². The monoisotopic (exact) mass is 568 g/mol. The van der Waals surface area contributed by atoms with Crippen LogP contribution in [0.4, 0.5) is 17.6 Å². The molecule has 2 aromatic carbocycles. The summed E-state index contributed by atoms with van der Waals surface area (Å²) in [7, 11) is 0. The third-order valence-corrected chi connectivity index (χ3v) is 6.41. The van der Waals surface area contributed by atoms with Crippen LogP contribution in [0.25, 0.3) is 6.08 Å². The maximum Gasteiger partial charge on any atom is 0.416 e. The van der Waals surface area contributed by atoms with E-state index in [0.29, 0.717) is 12.8 Å². The SMILES string of the molecule is O=C(/C=C/c1cccc(C(F)(F)F)c1)N1CCCCOC[C@@H](O)[C@H](O)[C@@H](O)CN(C(=O)c2ccc(F)cc2)CC1. The second-order valence-corrected chi connectivity index (χ2v) is 9.45. The van der Waals surface area contributed by atoms with Gasteiger partial charge in [0, 0.05) is 44.4 Å². The molecule has 0 bridgehead atoms. The quantitative estimate of drug-likeness (QED) is 0.388. The number of alkyl halides is 3. The predicted molar refractivity (Wildman–Crippen MR) is 137 cm³/mol. The fourth-order valence-electron chi connectivity index (χ4n) is 4.12. The maximum atomic E-state index is 13.4. The summed E-state index contributed by atoms with van der Waals surface area (Å²) in [6.45, 7) is -0.303. The normalized spacial score (nSPS) is 22.2. The largest absolute Gasteiger partial charge is 0.416 e. The Morgan fingerprint density at radius 1 is 0.925 bits per heavy atom. The first-order chi connectivity index (χ1) is 19.0. The van der Waals surface area contributed by atoms with Crippen LogP contribution in [-0.2, 0) is 15.7 Å². The first-order valence-electron chi connectivity index (χ1n) is 12.8. The van der Waals surface area contributed by atoms with Crippen molar-refractivity contribution in [1.29, 1.82) is 0 Å². The minimum atomic E-state index is -4.53. The van der Waals surface area contributed by atoms with Gasteiger partial charge in [0.05, 0.1) is 12.2 Å². The fraction of sp³-hybridized carbons (Fsp3) is 0.429. The predicted octanol–water partition coefficient (Wildman–Crippen LogP) is 2.72. The Labute approximate surface area is 229 Å². The number of β-amino-alcohol motifs (C(OH)–C–C–N with tert-alkyl or cyclic N) is 1. The van der Waals surface area contributed by atoms with E-state index in [1.165, 1.54) is 40.1 Å². The Hall–Kier alpha value is -3.32. The van der Waals surface area contributed by atoms with Crippen LogP contribution >= 0.6 is 0 Å². The number of amides is 2. The molecule has 3 atom stereocenters. The van der Waals surface area contributed by atoms with E-state index in [9.17, 15) is 42.5 Å². The van der Waals surface area contributed by atoms with Gasteiger partial charge in [-0.1, -0.05) is 12.1 Å². The van der Waals surface area contributed by atoms with E-state index in [2.05, 4.69) is 0 Å². The molecule has 2 aromatic rings. The highest BCUT2D eigenvalue weighted by molar-refractivity contribution is 5.94. The molecule has 40 heavy (non-hydrogen) atoms. The summed E-state index contributed by atoms with van der Waals surface area (Å²) in [5.41, 5.74) is -0.556. The van der Waals surface area contributed by atoms with Crippen LogP contribution in [0, 0.1) is 5.82 Å². The summed E-state index contributed by atoms with van der Waals surface area (Å²) in [5.74, 6) is -1.66. The van der Waals surface area contributed by atoms with Crippen LogP contribution in [0.3, 0.4) is 0 Å². The lowest BCUT2D eigenvalue weighted by atomic mass is 10.1. The van der Waals surface area contributed by atoms with E-state index in [0.717, 1.165) is 30.3 Å². The smallest absolute Gasteiger partial charge is 0.388 e. The Morgan fingerprint density at radius 3 is 2.33 bits per heavy atom. The molecule has 3 rings (SSSR count). The van der Waals surface area contributed by atoms with Crippen molar-refractivity contribution in [2.24, 2.45) is 0 Å². The molecule has 0 aliphatic carbocycles.